The summed E-state index contributed by atoms with van der Waals surface area (Å²) in [4.78, 5) is 10.7. The van der Waals surface area contributed by atoms with Gasteiger partial charge in [-0.2, -0.15) is 26.3 Å². The van der Waals surface area contributed by atoms with Crippen LogP contribution in [0.4, 0.5) is 22.0 Å². The number of carboxylic acids is 1. The topological polar surface area (TPSA) is 155 Å². The number of hydrogen-bond donors (Lipinski definition) is 2. The second kappa shape index (κ2) is 6.80. The molecule has 0 aromatic rings. The molecule has 0 atom stereocenters. The first-order chi connectivity index (χ1) is 11.4. The number of nitrogens with zero attached hydrogens (tertiary/aromatic N) is 1. The van der Waals surface area contributed by atoms with Crippen molar-refractivity contribution in [2.45, 2.75) is 22.9 Å². The lowest BCUT2D eigenvalue weighted by molar-refractivity contribution is -0.142. The van der Waals surface area contributed by atoms with E-state index in [1.807, 2.05) is 0 Å². The molecule has 0 radical (unpaired) electrons. The SMILES string of the molecule is O=C(O)C1CCN(S(=O)(=O)C(F)(F)S(=O)(=O)NS(=O)(=O)C(F)(F)F)CC1. The van der Waals surface area contributed by atoms with Crippen molar-refractivity contribution in [1.82, 2.24) is 8.43 Å². The molecular weight excluding hydrogens is 443 g/mol. The van der Waals surface area contributed by atoms with Gasteiger partial charge in [-0.25, -0.2) is 25.3 Å². The number of aliphatic carboxylic acids is 1. The Hall–Kier alpha value is -1.11. The third-order valence-corrected chi connectivity index (χ3v) is 9.21. The fraction of sp³-hybridized carbons (Fsp3) is 0.875. The van der Waals surface area contributed by atoms with Crippen molar-refractivity contribution < 1.29 is 57.1 Å². The Kier molecular flexibility index (Phi) is 6.00. The van der Waals surface area contributed by atoms with Crippen LogP contribution in [0.15, 0.2) is 0 Å². The number of nitrogens with one attached hydrogen (secondary N) is 1. The van der Waals surface area contributed by atoms with Gasteiger partial charge in [0.15, 0.2) is 0 Å². The highest BCUT2D eigenvalue weighted by Gasteiger charge is 2.63. The van der Waals surface area contributed by atoms with E-state index < -0.39 is 78.0 Å². The first kappa shape index (κ1) is 22.9. The van der Waals surface area contributed by atoms with Crippen LogP contribution in [0.2, 0.25) is 0 Å². The predicted molar refractivity (Wildman–Crippen MR) is 72.8 cm³/mol. The van der Waals surface area contributed by atoms with Gasteiger partial charge in [0.05, 0.1) is 5.92 Å². The van der Waals surface area contributed by atoms with Gasteiger partial charge in [0.25, 0.3) is 10.0 Å². The van der Waals surface area contributed by atoms with Gasteiger partial charge in [0.1, 0.15) is 0 Å². The van der Waals surface area contributed by atoms with Crippen LogP contribution in [0.25, 0.3) is 0 Å². The van der Waals surface area contributed by atoms with Crippen LogP contribution in [-0.4, -0.2) is 63.8 Å². The van der Waals surface area contributed by atoms with Gasteiger partial charge in [0, 0.05) is 13.1 Å². The fourth-order valence-electron chi connectivity index (χ4n) is 1.87. The van der Waals surface area contributed by atoms with Gasteiger partial charge in [-0.1, -0.05) is 4.13 Å². The largest absolute Gasteiger partial charge is 0.512 e. The molecule has 18 heteroatoms. The van der Waals surface area contributed by atoms with Crippen molar-refractivity contribution in [3.63, 3.8) is 0 Å². The van der Waals surface area contributed by atoms with E-state index >= 15 is 0 Å². The summed E-state index contributed by atoms with van der Waals surface area (Å²) in [5.41, 5.74) is -6.29. The third kappa shape index (κ3) is 4.07. The van der Waals surface area contributed by atoms with E-state index in [0.717, 1.165) is 0 Å². The molecule has 0 aromatic heterocycles. The zero-order chi connectivity index (χ0) is 20.8. The van der Waals surface area contributed by atoms with E-state index in [2.05, 4.69) is 0 Å². The Labute approximate surface area is 144 Å². The maximum Gasteiger partial charge on any atom is 0.512 e. The molecule has 2 N–H and O–H groups in total. The Morgan fingerprint density at radius 1 is 0.923 bits per heavy atom. The van der Waals surface area contributed by atoms with E-state index in [1.165, 1.54) is 0 Å². The van der Waals surface area contributed by atoms with Crippen molar-refractivity contribution in [2.24, 2.45) is 5.92 Å². The first-order valence-corrected chi connectivity index (χ1v) is 10.7. The van der Waals surface area contributed by atoms with Crippen LogP contribution in [0.3, 0.4) is 0 Å². The normalized spacial score (nSPS) is 19.4. The van der Waals surface area contributed by atoms with Crippen LogP contribution >= 0.6 is 0 Å². The van der Waals surface area contributed by atoms with Crippen LogP contribution in [0, 0.1) is 5.92 Å². The van der Waals surface area contributed by atoms with Crippen molar-refractivity contribution in [3.05, 3.63) is 0 Å². The fourth-order valence-corrected chi connectivity index (χ4v) is 6.52. The first-order valence-electron chi connectivity index (χ1n) is 6.31. The van der Waals surface area contributed by atoms with Crippen molar-refractivity contribution in [3.8, 4) is 0 Å². The maximum absolute atomic E-state index is 13.9. The number of carbonyl (C=O) groups is 1. The molecule has 0 unspecified atom stereocenters. The minimum absolute atomic E-state index is 0.133. The zero-order valence-electron chi connectivity index (χ0n) is 12.3. The average Bonchev–Trinajstić information content (AvgIpc) is 2.44. The molecule has 0 aliphatic carbocycles. The standard InChI is InChI=1S/C8H11F5N2O8S3/c9-7(10,11)24(18,19)14-25(20,21)8(12,13)26(22,23)15-3-1-5(2-4-15)6(16)17/h5,14H,1-4H2,(H,16,17). The van der Waals surface area contributed by atoms with Gasteiger partial charge in [-0.15, -0.1) is 0 Å². The third-order valence-electron chi connectivity index (χ3n) is 3.28. The number of halogens is 5. The van der Waals surface area contributed by atoms with Gasteiger partial charge in [-0.3, -0.25) is 4.79 Å². The highest BCUT2D eigenvalue weighted by atomic mass is 32.3. The summed E-state index contributed by atoms with van der Waals surface area (Å²) in [6.07, 6.45) is -0.919. The molecule has 1 saturated heterocycles. The average molecular weight is 454 g/mol. The van der Waals surface area contributed by atoms with E-state index in [0.29, 0.717) is 0 Å². The Balaban J connectivity index is 3.17. The molecule has 154 valence electrons. The Bertz CT molecular complexity index is 871. The Morgan fingerprint density at radius 2 is 1.35 bits per heavy atom. The molecule has 1 rings (SSSR count). The van der Waals surface area contributed by atoms with E-state index in [9.17, 15) is 52.0 Å². The van der Waals surface area contributed by atoms with Crippen molar-refractivity contribution in [1.29, 1.82) is 0 Å². The lowest BCUT2D eigenvalue weighted by atomic mass is 9.99. The summed E-state index contributed by atoms with van der Waals surface area (Å²) < 4.78 is 126. The molecule has 1 aliphatic rings. The van der Waals surface area contributed by atoms with Crippen molar-refractivity contribution >= 4 is 36.0 Å². The number of piperidine rings is 1. The molecule has 10 nitrogen and oxygen atoms in total. The summed E-state index contributed by atoms with van der Waals surface area (Å²) in [7, 11) is -19.9. The molecule has 0 aromatic carbocycles. The number of carboxylic acid groups (broad SMARTS) is 1. The highest BCUT2D eigenvalue weighted by molar-refractivity contribution is 8.13. The van der Waals surface area contributed by atoms with E-state index in [4.69, 9.17) is 5.11 Å². The van der Waals surface area contributed by atoms with Crippen LogP contribution in [0.5, 0.6) is 0 Å². The highest BCUT2D eigenvalue weighted by Crippen LogP contribution is 2.35. The monoisotopic (exact) mass is 454 g/mol. The summed E-state index contributed by atoms with van der Waals surface area (Å²) in [6.45, 7) is -1.70. The molecule has 0 saturated carbocycles. The number of sulfonamides is 3. The summed E-state index contributed by atoms with van der Waals surface area (Å²) in [5.74, 6) is -2.44. The molecule has 0 amide bonds. The van der Waals surface area contributed by atoms with Crippen LogP contribution in [-0.2, 0) is 34.9 Å². The minimum atomic E-state index is -6.87. The molecule has 1 fully saturated rings. The predicted octanol–water partition coefficient (Wildman–Crippen LogP) is -0.568. The quantitative estimate of drug-likeness (QED) is 0.506. The van der Waals surface area contributed by atoms with Crippen LogP contribution < -0.4 is 4.13 Å². The van der Waals surface area contributed by atoms with Crippen molar-refractivity contribution in [2.75, 3.05) is 13.1 Å². The van der Waals surface area contributed by atoms with Gasteiger partial charge in [-0.05, 0) is 12.8 Å². The molecule has 0 spiro atoms. The summed E-state index contributed by atoms with van der Waals surface area (Å²) in [5, 5.41) is 8.73. The van der Waals surface area contributed by atoms with Gasteiger partial charge < -0.3 is 5.11 Å². The van der Waals surface area contributed by atoms with Crippen LogP contribution in [0.1, 0.15) is 12.8 Å². The molecular formula is C8H11F5N2O8S3. The lowest BCUT2D eigenvalue weighted by Gasteiger charge is -2.31. The molecule has 0 bridgehead atoms. The van der Waals surface area contributed by atoms with E-state index in [1.54, 1.807) is 0 Å². The number of hydrogen-bond acceptors (Lipinski definition) is 7. The zero-order valence-corrected chi connectivity index (χ0v) is 14.7. The lowest BCUT2D eigenvalue weighted by Crippen LogP contribution is -2.55. The van der Waals surface area contributed by atoms with Gasteiger partial charge >= 0.3 is 36.1 Å². The Morgan fingerprint density at radius 3 is 1.69 bits per heavy atom. The summed E-state index contributed by atoms with van der Waals surface area (Å²) in [6, 6.07) is 0. The molecule has 1 heterocycles. The molecule has 1 aliphatic heterocycles. The van der Waals surface area contributed by atoms with Gasteiger partial charge in [0.2, 0.25) is 0 Å². The second-order valence-corrected chi connectivity index (χ2v) is 10.9. The minimum Gasteiger partial charge on any atom is -0.481 e. The maximum atomic E-state index is 13.9. The number of rotatable bonds is 6. The smallest absolute Gasteiger partial charge is 0.481 e. The van der Waals surface area contributed by atoms with E-state index in [-0.39, 0.29) is 8.43 Å². The number of alkyl halides is 5. The second-order valence-electron chi connectivity index (χ2n) is 5.02. The molecule has 26 heavy (non-hydrogen) atoms. The summed E-state index contributed by atoms with van der Waals surface area (Å²) >= 11 is 0.